The minimum Gasteiger partial charge on any atom is -0.318 e. The molecule has 1 amide bonds. The largest absolute Gasteiger partial charge is 0.318 e. The first-order valence-electron chi connectivity index (χ1n) is 8.44. The maximum Gasteiger partial charge on any atom is 0.285 e. The van der Waals surface area contributed by atoms with Crippen molar-refractivity contribution in [2.75, 3.05) is 7.05 Å². The number of carbonyl (C=O) groups is 1. The lowest BCUT2D eigenvalue weighted by Gasteiger charge is -2.25. The highest BCUT2D eigenvalue weighted by atomic mass is 32.2. The molecule has 1 aliphatic rings. The lowest BCUT2D eigenvalue weighted by Crippen LogP contribution is -2.46. The summed E-state index contributed by atoms with van der Waals surface area (Å²) in [5, 5.41) is 2.62. The molecular formula is C17H21N5O3S. The molecule has 2 aromatic rings. The summed E-state index contributed by atoms with van der Waals surface area (Å²) in [5.41, 5.74) is 0.414. The number of hydrogen-bond donors (Lipinski definition) is 1. The van der Waals surface area contributed by atoms with Crippen LogP contribution in [0, 0.1) is 0 Å². The normalized spacial score (nSPS) is 15.3. The number of guanidine groups is 1. The summed E-state index contributed by atoms with van der Waals surface area (Å²) in [7, 11) is -2.47. The van der Waals surface area contributed by atoms with Crippen molar-refractivity contribution in [1.29, 1.82) is 0 Å². The highest BCUT2D eigenvalue weighted by Gasteiger charge is 2.36. The average Bonchev–Trinajstić information content (AvgIpc) is 3.04. The number of hydrogen-bond acceptors (Lipinski definition) is 5. The Morgan fingerprint density at radius 3 is 2.62 bits per heavy atom. The smallest absolute Gasteiger partial charge is 0.285 e. The van der Waals surface area contributed by atoms with E-state index < -0.39 is 15.9 Å². The minimum absolute atomic E-state index is 0.0637. The van der Waals surface area contributed by atoms with Crippen molar-refractivity contribution in [3.05, 3.63) is 42.2 Å². The second kappa shape index (κ2) is 7.28. The number of fused-ring (bicyclic) bond motifs is 1. The van der Waals surface area contributed by atoms with Gasteiger partial charge in [-0.1, -0.05) is 38.0 Å². The van der Waals surface area contributed by atoms with Gasteiger partial charge in [-0.3, -0.25) is 10.1 Å². The molecule has 26 heavy (non-hydrogen) atoms. The molecule has 0 bridgehead atoms. The van der Waals surface area contributed by atoms with Crippen molar-refractivity contribution in [3.8, 4) is 0 Å². The zero-order valence-corrected chi connectivity index (χ0v) is 15.5. The first-order chi connectivity index (χ1) is 12.4. The number of aliphatic imine (C=N–C) groups is 1. The fraction of sp³-hybridized carbons (Fsp3) is 0.353. The summed E-state index contributed by atoms with van der Waals surface area (Å²) < 4.78 is 28.3. The van der Waals surface area contributed by atoms with Crippen molar-refractivity contribution < 1.29 is 13.2 Å². The van der Waals surface area contributed by atoms with Gasteiger partial charge in [-0.25, -0.2) is 9.29 Å². The van der Waals surface area contributed by atoms with Crippen LogP contribution in [0.1, 0.15) is 36.5 Å². The monoisotopic (exact) mass is 375 g/mol. The van der Waals surface area contributed by atoms with Crippen molar-refractivity contribution in [2.45, 2.75) is 37.8 Å². The molecule has 0 saturated carbocycles. The van der Waals surface area contributed by atoms with Gasteiger partial charge in [0.05, 0.1) is 6.33 Å². The van der Waals surface area contributed by atoms with Crippen LogP contribution < -0.4 is 5.32 Å². The quantitative estimate of drug-likeness (QED) is 0.810. The molecule has 0 fully saturated rings. The maximum absolute atomic E-state index is 12.9. The Morgan fingerprint density at radius 1 is 1.19 bits per heavy atom. The summed E-state index contributed by atoms with van der Waals surface area (Å²) in [6.07, 6.45) is 4.39. The molecule has 0 atom stereocenters. The van der Waals surface area contributed by atoms with Crippen LogP contribution in [0.4, 0.5) is 5.82 Å². The second-order valence-electron chi connectivity index (χ2n) is 6.00. The first-order valence-corrected chi connectivity index (χ1v) is 9.88. The number of aryl methyl sites for hydroxylation is 1. The van der Waals surface area contributed by atoms with E-state index in [1.807, 2.05) is 0 Å². The summed E-state index contributed by atoms with van der Waals surface area (Å²) in [5.74, 6) is -0.398. The zero-order chi connectivity index (χ0) is 18.7. The summed E-state index contributed by atoms with van der Waals surface area (Å²) in [4.78, 5) is 20.7. The lowest BCUT2D eigenvalue weighted by atomic mass is 10.2. The summed E-state index contributed by atoms with van der Waals surface area (Å²) in [6, 6.07) is 8.54. The lowest BCUT2D eigenvalue weighted by molar-refractivity contribution is 0.0974. The van der Waals surface area contributed by atoms with Crippen molar-refractivity contribution in [1.82, 2.24) is 19.2 Å². The third-order valence-corrected chi connectivity index (χ3v) is 5.95. The molecular weight excluding hydrogens is 354 g/mol. The van der Waals surface area contributed by atoms with E-state index in [2.05, 4.69) is 22.2 Å². The van der Waals surface area contributed by atoms with Crippen molar-refractivity contribution in [2.24, 2.45) is 4.99 Å². The van der Waals surface area contributed by atoms with Gasteiger partial charge in [0.15, 0.2) is 5.82 Å². The van der Waals surface area contributed by atoms with Gasteiger partial charge in [0.1, 0.15) is 0 Å². The third kappa shape index (κ3) is 3.34. The Balaban J connectivity index is 1.90. The average molecular weight is 375 g/mol. The molecule has 8 nitrogen and oxygen atoms in total. The highest BCUT2D eigenvalue weighted by Crippen LogP contribution is 2.30. The van der Waals surface area contributed by atoms with E-state index in [-0.39, 0.29) is 16.8 Å². The van der Waals surface area contributed by atoms with Gasteiger partial charge < -0.3 is 4.57 Å². The van der Waals surface area contributed by atoms with E-state index >= 15 is 0 Å². The minimum atomic E-state index is -3.83. The molecule has 3 rings (SSSR count). The number of benzene rings is 1. The van der Waals surface area contributed by atoms with E-state index in [4.69, 9.17) is 0 Å². The predicted octanol–water partition coefficient (Wildman–Crippen LogP) is 2.12. The number of unbranched alkanes of at least 4 members (excludes halogenated alkanes) is 2. The van der Waals surface area contributed by atoms with E-state index in [1.165, 1.54) is 13.4 Å². The zero-order valence-electron chi connectivity index (χ0n) is 14.7. The molecule has 9 heteroatoms. The third-order valence-electron chi connectivity index (χ3n) is 4.15. The number of amides is 1. The number of rotatable bonds is 5. The molecule has 0 aliphatic carbocycles. The van der Waals surface area contributed by atoms with Crippen LogP contribution in [0.2, 0.25) is 0 Å². The molecule has 1 aromatic carbocycles. The highest BCUT2D eigenvalue weighted by molar-refractivity contribution is 7.89. The number of nitrogens with zero attached hydrogens (tertiary/aromatic N) is 4. The fourth-order valence-corrected chi connectivity index (χ4v) is 4.01. The van der Waals surface area contributed by atoms with Crippen LogP contribution in [-0.2, 0) is 16.6 Å². The van der Waals surface area contributed by atoms with Gasteiger partial charge in [-0.15, -0.1) is 0 Å². The van der Waals surface area contributed by atoms with E-state index in [0.29, 0.717) is 12.1 Å². The number of aromatic nitrogens is 2. The Hall–Kier alpha value is -2.68. The molecule has 138 valence electrons. The van der Waals surface area contributed by atoms with Crippen molar-refractivity contribution >= 4 is 27.7 Å². The molecule has 0 unspecified atom stereocenters. The number of nitrogens with one attached hydrogen (secondary N) is 1. The SMILES string of the molecule is CCCCCn1cnc2c1S(=O)(=O)N(C)C(NC(=O)c1ccccc1)=N2. The molecule has 0 spiro atoms. The maximum atomic E-state index is 12.9. The van der Waals surface area contributed by atoms with E-state index in [9.17, 15) is 13.2 Å². The molecule has 1 N–H and O–H groups in total. The Bertz CT molecular complexity index is 935. The van der Waals surface area contributed by atoms with Gasteiger partial charge in [0.25, 0.3) is 15.9 Å². The molecule has 1 aliphatic heterocycles. The van der Waals surface area contributed by atoms with Gasteiger partial charge in [-0.2, -0.15) is 13.4 Å². The van der Waals surface area contributed by atoms with E-state index in [0.717, 1.165) is 23.6 Å². The number of carbonyl (C=O) groups excluding carboxylic acids is 1. The van der Waals surface area contributed by atoms with Gasteiger partial charge in [0, 0.05) is 19.2 Å². The molecule has 1 aromatic heterocycles. The standard InChI is InChI=1S/C17H21N5O3S/c1-3-4-8-11-22-12-18-14-16(22)26(24,25)21(2)17(19-14)20-15(23)13-9-6-5-7-10-13/h5-7,9-10,12H,3-4,8,11H2,1-2H3,(H,19,20,23). The van der Waals surface area contributed by atoms with Crippen LogP contribution in [0.15, 0.2) is 46.7 Å². The van der Waals surface area contributed by atoms with Crippen LogP contribution in [-0.4, -0.2) is 41.2 Å². The molecule has 0 saturated heterocycles. The Morgan fingerprint density at radius 2 is 1.92 bits per heavy atom. The first kappa shape index (κ1) is 18.1. The van der Waals surface area contributed by atoms with Gasteiger partial charge in [0.2, 0.25) is 11.0 Å². The summed E-state index contributed by atoms with van der Waals surface area (Å²) >= 11 is 0. The van der Waals surface area contributed by atoms with Crippen LogP contribution in [0.25, 0.3) is 0 Å². The van der Waals surface area contributed by atoms with Gasteiger partial charge in [-0.05, 0) is 18.6 Å². The predicted molar refractivity (Wildman–Crippen MR) is 97.7 cm³/mol. The number of sulfonamides is 1. The Kier molecular flexibility index (Phi) is 5.08. The molecule has 2 heterocycles. The summed E-state index contributed by atoms with van der Waals surface area (Å²) in [6.45, 7) is 2.64. The van der Waals surface area contributed by atoms with E-state index in [1.54, 1.807) is 34.9 Å². The van der Waals surface area contributed by atoms with Crippen molar-refractivity contribution in [3.63, 3.8) is 0 Å². The second-order valence-corrected chi connectivity index (χ2v) is 7.89. The fourth-order valence-electron chi connectivity index (χ4n) is 2.68. The van der Waals surface area contributed by atoms with Crippen LogP contribution in [0.5, 0.6) is 0 Å². The molecule has 0 radical (unpaired) electrons. The number of imidazole rings is 1. The van der Waals surface area contributed by atoms with Gasteiger partial charge >= 0.3 is 0 Å². The Labute approximate surface area is 152 Å². The topological polar surface area (TPSA) is 96.7 Å². The van der Waals surface area contributed by atoms with Crippen LogP contribution >= 0.6 is 0 Å². The van der Waals surface area contributed by atoms with Crippen LogP contribution in [0.3, 0.4) is 0 Å².